The van der Waals surface area contributed by atoms with Gasteiger partial charge in [0, 0.05) is 17.1 Å². The molecule has 2 atom stereocenters. The van der Waals surface area contributed by atoms with Gasteiger partial charge in [-0.25, -0.2) is 4.79 Å². The van der Waals surface area contributed by atoms with Crippen molar-refractivity contribution in [3.05, 3.63) is 41.8 Å². The molecular formula is C17H22N2O2S. The number of aliphatic hydroxyl groups is 1. The van der Waals surface area contributed by atoms with Crippen molar-refractivity contribution in [3.8, 4) is 10.4 Å². The zero-order valence-electron chi connectivity index (χ0n) is 12.9. The van der Waals surface area contributed by atoms with E-state index in [2.05, 4.69) is 16.7 Å². The maximum absolute atomic E-state index is 11.9. The second-order valence-electron chi connectivity index (χ2n) is 5.58. The Kier molecular flexibility index (Phi) is 5.98. The maximum Gasteiger partial charge on any atom is 0.319 e. The van der Waals surface area contributed by atoms with E-state index in [1.165, 1.54) is 4.88 Å². The number of urea groups is 1. The molecule has 0 bridgehead atoms. The smallest absolute Gasteiger partial charge is 0.319 e. The van der Waals surface area contributed by atoms with Crippen LogP contribution in [-0.2, 0) is 0 Å². The van der Waals surface area contributed by atoms with Crippen LogP contribution in [0.15, 0.2) is 41.8 Å². The number of amides is 2. The van der Waals surface area contributed by atoms with Gasteiger partial charge in [0.1, 0.15) is 0 Å². The molecular weight excluding hydrogens is 296 g/mol. The highest BCUT2D eigenvalue weighted by Gasteiger charge is 2.09. The van der Waals surface area contributed by atoms with Gasteiger partial charge in [-0.2, -0.15) is 0 Å². The second kappa shape index (κ2) is 7.96. The average molecular weight is 318 g/mol. The zero-order chi connectivity index (χ0) is 15.9. The van der Waals surface area contributed by atoms with Crippen LogP contribution in [0.2, 0.25) is 0 Å². The number of hydrogen-bond acceptors (Lipinski definition) is 3. The lowest BCUT2D eigenvalue weighted by Gasteiger charge is -2.14. The fourth-order valence-electron chi connectivity index (χ4n) is 2.30. The molecule has 118 valence electrons. The Balaban J connectivity index is 1.88. The Labute approximate surface area is 135 Å². The normalized spacial score (nSPS) is 13.4. The predicted octanol–water partition coefficient (Wildman–Crippen LogP) is 3.94. The van der Waals surface area contributed by atoms with E-state index in [9.17, 15) is 9.90 Å². The fourth-order valence-corrected chi connectivity index (χ4v) is 3.02. The van der Waals surface area contributed by atoms with Crippen molar-refractivity contribution >= 4 is 23.1 Å². The van der Waals surface area contributed by atoms with Crippen LogP contribution >= 0.6 is 11.3 Å². The van der Waals surface area contributed by atoms with Gasteiger partial charge >= 0.3 is 6.03 Å². The molecule has 22 heavy (non-hydrogen) atoms. The number of aliphatic hydroxyl groups excluding tert-OH is 1. The monoisotopic (exact) mass is 318 g/mol. The van der Waals surface area contributed by atoms with Gasteiger partial charge in [-0.05, 0) is 48.4 Å². The van der Waals surface area contributed by atoms with Crippen LogP contribution < -0.4 is 10.6 Å². The van der Waals surface area contributed by atoms with E-state index >= 15 is 0 Å². The molecule has 2 rings (SSSR count). The third-order valence-electron chi connectivity index (χ3n) is 3.28. The van der Waals surface area contributed by atoms with Crippen LogP contribution in [0.3, 0.4) is 0 Å². The molecule has 0 saturated heterocycles. The van der Waals surface area contributed by atoms with Gasteiger partial charge in [-0.15, -0.1) is 11.3 Å². The molecule has 1 aromatic carbocycles. The molecule has 5 heteroatoms. The number of carbonyl (C=O) groups excluding carboxylic acids is 1. The van der Waals surface area contributed by atoms with E-state index < -0.39 is 0 Å². The lowest BCUT2D eigenvalue weighted by molar-refractivity contribution is 0.163. The number of benzene rings is 1. The van der Waals surface area contributed by atoms with Crippen molar-refractivity contribution in [2.75, 3.05) is 11.9 Å². The summed E-state index contributed by atoms with van der Waals surface area (Å²) in [6.45, 7) is 4.30. The third-order valence-corrected chi connectivity index (χ3v) is 4.20. The summed E-state index contributed by atoms with van der Waals surface area (Å²) in [5.74, 6) is 0.239. The maximum atomic E-state index is 11.9. The van der Waals surface area contributed by atoms with E-state index in [1.54, 1.807) is 18.3 Å². The van der Waals surface area contributed by atoms with Crippen LogP contribution in [0.4, 0.5) is 10.5 Å². The van der Waals surface area contributed by atoms with Gasteiger partial charge in [0.05, 0.1) is 6.10 Å². The molecule has 1 heterocycles. The Hall–Kier alpha value is -1.85. The number of carbonyl (C=O) groups is 1. The summed E-state index contributed by atoms with van der Waals surface area (Å²) in [4.78, 5) is 13.1. The topological polar surface area (TPSA) is 61.4 Å². The second-order valence-corrected chi connectivity index (χ2v) is 6.53. The number of anilines is 1. The van der Waals surface area contributed by atoms with Gasteiger partial charge in [-0.3, -0.25) is 0 Å². The first-order chi connectivity index (χ1) is 10.5. The molecule has 0 fully saturated rings. The highest BCUT2D eigenvalue weighted by molar-refractivity contribution is 7.13. The van der Waals surface area contributed by atoms with Gasteiger partial charge in [0.2, 0.25) is 0 Å². The van der Waals surface area contributed by atoms with Crippen LogP contribution in [0.1, 0.15) is 20.3 Å². The van der Waals surface area contributed by atoms with E-state index in [1.807, 2.05) is 42.6 Å². The van der Waals surface area contributed by atoms with Gasteiger partial charge in [-0.1, -0.05) is 25.1 Å². The summed E-state index contributed by atoms with van der Waals surface area (Å²) in [7, 11) is 0. The molecule has 0 aliphatic heterocycles. The van der Waals surface area contributed by atoms with E-state index in [-0.39, 0.29) is 18.1 Å². The minimum absolute atomic E-state index is 0.222. The summed E-state index contributed by atoms with van der Waals surface area (Å²) in [6, 6.07) is 11.6. The molecule has 4 nitrogen and oxygen atoms in total. The zero-order valence-corrected chi connectivity index (χ0v) is 13.7. The molecule has 3 N–H and O–H groups in total. The molecule has 2 aromatic rings. The average Bonchev–Trinajstić information content (AvgIpc) is 2.99. The summed E-state index contributed by atoms with van der Waals surface area (Å²) >= 11 is 1.67. The molecule has 0 aliphatic rings. The van der Waals surface area contributed by atoms with Crippen LogP contribution in [0.5, 0.6) is 0 Å². The molecule has 1 aromatic heterocycles. The van der Waals surface area contributed by atoms with Crippen molar-refractivity contribution < 1.29 is 9.90 Å². The third kappa shape index (κ3) is 5.16. The lowest BCUT2D eigenvalue weighted by Crippen LogP contribution is -2.33. The van der Waals surface area contributed by atoms with Crippen molar-refractivity contribution in [2.45, 2.75) is 26.4 Å². The first-order valence-corrected chi connectivity index (χ1v) is 8.29. The number of hydrogen-bond donors (Lipinski definition) is 3. The van der Waals surface area contributed by atoms with E-state index in [4.69, 9.17) is 0 Å². The van der Waals surface area contributed by atoms with Gasteiger partial charge < -0.3 is 15.7 Å². The minimum atomic E-state index is -0.345. The Morgan fingerprint density at radius 2 is 2.09 bits per heavy atom. The van der Waals surface area contributed by atoms with E-state index in [0.29, 0.717) is 13.0 Å². The molecule has 0 aliphatic carbocycles. The molecule has 0 radical (unpaired) electrons. The van der Waals surface area contributed by atoms with Gasteiger partial charge in [0.25, 0.3) is 0 Å². The van der Waals surface area contributed by atoms with E-state index in [0.717, 1.165) is 11.3 Å². The largest absolute Gasteiger partial charge is 0.393 e. The van der Waals surface area contributed by atoms with Crippen LogP contribution in [0, 0.1) is 5.92 Å². The Morgan fingerprint density at radius 3 is 2.77 bits per heavy atom. The Bertz CT molecular complexity index is 596. The van der Waals surface area contributed by atoms with Gasteiger partial charge in [0.15, 0.2) is 0 Å². The van der Waals surface area contributed by atoms with Crippen LogP contribution in [0.25, 0.3) is 10.4 Å². The highest BCUT2D eigenvalue weighted by Crippen LogP contribution is 2.26. The Morgan fingerprint density at radius 1 is 1.27 bits per heavy atom. The number of nitrogens with one attached hydrogen (secondary N) is 2. The summed E-state index contributed by atoms with van der Waals surface area (Å²) in [6.07, 6.45) is 0.330. The van der Waals surface area contributed by atoms with Crippen molar-refractivity contribution in [1.29, 1.82) is 0 Å². The molecule has 0 spiro atoms. The van der Waals surface area contributed by atoms with Crippen LogP contribution in [-0.4, -0.2) is 23.8 Å². The molecule has 2 unspecified atom stereocenters. The molecule has 0 saturated carbocycles. The number of rotatable bonds is 6. The summed E-state index contributed by atoms with van der Waals surface area (Å²) < 4.78 is 0. The highest BCUT2D eigenvalue weighted by atomic mass is 32.1. The summed E-state index contributed by atoms with van der Waals surface area (Å²) in [5, 5.41) is 17.0. The SMILES string of the molecule is CC(O)CC(C)CNC(=O)Nc1cccc(-c2cccs2)c1. The lowest BCUT2D eigenvalue weighted by atomic mass is 10.1. The standard InChI is InChI=1S/C17H22N2O2S/c1-12(9-13(2)20)11-18-17(21)19-15-6-3-5-14(10-15)16-7-4-8-22-16/h3-8,10,12-13,20H,9,11H2,1-2H3,(H2,18,19,21). The predicted molar refractivity (Wildman–Crippen MR) is 92.2 cm³/mol. The van der Waals surface area contributed by atoms with Crippen molar-refractivity contribution in [2.24, 2.45) is 5.92 Å². The van der Waals surface area contributed by atoms with Crippen molar-refractivity contribution in [3.63, 3.8) is 0 Å². The first kappa shape index (κ1) is 16.5. The first-order valence-electron chi connectivity index (χ1n) is 7.41. The molecule has 2 amide bonds. The van der Waals surface area contributed by atoms with Crippen molar-refractivity contribution in [1.82, 2.24) is 5.32 Å². The summed E-state index contributed by atoms with van der Waals surface area (Å²) in [5.41, 5.74) is 1.86. The quantitative estimate of drug-likeness (QED) is 0.755. The fraction of sp³-hybridized carbons (Fsp3) is 0.353. The minimum Gasteiger partial charge on any atom is -0.393 e. The number of thiophene rings is 1.